The number of hydrogen-bond donors (Lipinski definition) is 0. The van der Waals surface area contributed by atoms with Gasteiger partial charge in [0.15, 0.2) is 0 Å². The van der Waals surface area contributed by atoms with Crippen molar-refractivity contribution >= 4 is 0 Å². The molecule has 2 bridgehead atoms. The molecule has 24 heavy (non-hydrogen) atoms. The monoisotopic (exact) mass is 328 g/mol. The maximum absolute atomic E-state index is 14.1. The van der Waals surface area contributed by atoms with Gasteiger partial charge < -0.3 is 0 Å². The molecule has 1 aromatic heterocycles. The van der Waals surface area contributed by atoms with Gasteiger partial charge in [0, 0.05) is 12.0 Å². The maximum atomic E-state index is 14.1. The lowest BCUT2D eigenvalue weighted by atomic mass is 9.40. The molecule has 1 aliphatic heterocycles. The van der Waals surface area contributed by atoms with Crippen LogP contribution in [0.1, 0.15) is 43.1 Å². The zero-order valence-electron chi connectivity index (χ0n) is 12.8. The molecular weight excluding hydrogens is 314 g/mol. The summed E-state index contributed by atoms with van der Waals surface area (Å²) in [4.78, 5) is 12.9. The Morgan fingerprint density at radius 3 is 2.54 bits per heavy atom. The van der Waals surface area contributed by atoms with Crippen LogP contribution in [0.15, 0.2) is 23.0 Å². The van der Waals surface area contributed by atoms with Gasteiger partial charge in [-0.15, -0.1) is 0 Å². The number of nitrogens with zero attached hydrogens (tertiary/aromatic N) is 4. The predicted octanol–water partition coefficient (Wildman–Crippen LogP) is 2.26. The molecule has 0 N–H and O–H groups in total. The van der Waals surface area contributed by atoms with Gasteiger partial charge in [-0.2, -0.15) is 10.4 Å². The van der Waals surface area contributed by atoms with Crippen LogP contribution in [0.25, 0.3) is 0 Å². The minimum Gasteiger partial charge on any atom is -0.271 e. The third-order valence-corrected chi connectivity index (χ3v) is 5.86. The molecule has 7 heteroatoms. The first kappa shape index (κ1) is 13.9. The third kappa shape index (κ3) is 1.47. The average Bonchev–Trinajstić information content (AvgIpc) is 2.99. The number of aromatic nitrogens is 3. The molecule has 2 heterocycles. The number of rotatable bonds is 2. The minimum atomic E-state index is -0.653. The van der Waals surface area contributed by atoms with Crippen LogP contribution in [0.5, 0.6) is 0 Å². The normalized spacial score (nSPS) is 32.6. The van der Waals surface area contributed by atoms with E-state index < -0.39 is 17.7 Å². The third-order valence-electron chi connectivity index (χ3n) is 5.86. The van der Waals surface area contributed by atoms with Crippen molar-refractivity contribution in [2.45, 2.75) is 43.7 Å². The second-order valence-electron chi connectivity index (χ2n) is 7.32. The Balaban J connectivity index is 1.59. The van der Waals surface area contributed by atoms with E-state index in [9.17, 15) is 13.6 Å². The van der Waals surface area contributed by atoms with Gasteiger partial charge in [0.25, 0.3) is 0 Å². The van der Waals surface area contributed by atoms with E-state index in [-0.39, 0.29) is 22.2 Å². The Bertz CT molecular complexity index is 943. The van der Waals surface area contributed by atoms with Gasteiger partial charge in [0.05, 0.1) is 23.1 Å². The summed E-state index contributed by atoms with van der Waals surface area (Å²) in [6.07, 6.45) is 2.91. The molecule has 6 rings (SSSR count). The van der Waals surface area contributed by atoms with Crippen LogP contribution < -0.4 is 5.69 Å². The van der Waals surface area contributed by atoms with Crippen LogP contribution in [0.4, 0.5) is 8.78 Å². The molecule has 122 valence electrons. The molecule has 2 aromatic rings. The second-order valence-corrected chi connectivity index (χ2v) is 7.32. The Labute approximate surface area is 136 Å². The van der Waals surface area contributed by atoms with Crippen molar-refractivity contribution in [2.24, 2.45) is 5.41 Å². The number of hydrogen-bond acceptors (Lipinski definition) is 3. The fourth-order valence-electron chi connectivity index (χ4n) is 4.79. The summed E-state index contributed by atoms with van der Waals surface area (Å²) in [5, 5.41) is 13.6. The van der Waals surface area contributed by atoms with E-state index in [1.165, 1.54) is 27.4 Å². The highest BCUT2D eigenvalue weighted by Gasteiger charge is 2.71. The number of fused-ring (bicyclic) bond motifs is 1. The quantitative estimate of drug-likeness (QED) is 0.849. The molecule has 0 amide bonds. The minimum absolute atomic E-state index is 0.0657. The summed E-state index contributed by atoms with van der Waals surface area (Å²) in [6, 6.07) is 5.40. The van der Waals surface area contributed by atoms with Crippen molar-refractivity contribution in [1.82, 2.24) is 14.3 Å². The van der Waals surface area contributed by atoms with Crippen molar-refractivity contribution < 1.29 is 8.78 Å². The van der Waals surface area contributed by atoms with Gasteiger partial charge >= 0.3 is 5.69 Å². The molecule has 3 aliphatic carbocycles. The van der Waals surface area contributed by atoms with Crippen molar-refractivity contribution in [2.75, 3.05) is 0 Å². The lowest BCUT2D eigenvalue weighted by Crippen LogP contribution is -2.69. The maximum Gasteiger partial charge on any atom is 0.347 e. The largest absolute Gasteiger partial charge is 0.347 e. The van der Waals surface area contributed by atoms with Gasteiger partial charge in [0.1, 0.15) is 17.5 Å². The lowest BCUT2D eigenvalue weighted by molar-refractivity contribution is -0.155. The molecule has 0 unspecified atom stereocenters. The highest BCUT2D eigenvalue weighted by Crippen LogP contribution is 2.70. The van der Waals surface area contributed by atoms with Gasteiger partial charge in [-0.25, -0.2) is 18.3 Å². The van der Waals surface area contributed by atoms with Crippen LogP contribution in [-0.4, -0.2) is 14.3 Å². The summed E-state index contributed by atoms with van der Waals surface area (Å²) < 4.78 is 31.2. The predicted molar refractivity (Wildman–Crippen MR) is 79.2 cm³/mol. The molecule has 3 fully saturated rings. The first-order chi connectivity index (χ1) is 11.5. The van der Waals surface area contributed by atoms with Crippen LogP contribution in [0.3, 0.4) is 0 Å². The summed E-state index contributed by atoms with van der Waals surface area (Å²) >= 11 is 0. The van der Waals surface area contributed by atoms with E-state index in [2.05, 4.69) is 11.2 Å². The fraction of sp³-hybridized carbons (Fsp3) is 0.471. The number of benzene rings is 1. The smallest absolute Gasteiger partial charge is 0.271 e. The molecule has 1 atom stereocenters. The molecule has 1 aromatic carbocycles. The molecule has 3 saturated carbocycles. The first-order valence-corrected chi connectivity index (χ1v) is 8.05. The van der Waals surface area contributed by atoms with E-state index in [1.807, 2.05) is 0 Å². The number of halogens is 2. The molecule has 5 nitrogen and oxygen atoms in total. The lowest BCUT2D eigenvalue weighted by Gasteiger charge is -2.65. The molecule has 4 aliphatic rings. The molecule has 0 radical (unpaired) electrons. The number of nitriles is 1. The number of aryl methyl sites for hydroxylation is 1. The average molecular weight is 328 g/mol. The Hall–Kier alpha value is -2.49. The van der Waals surface area contributed by atoms with Crippen molar-refractivity contribution in [3.63, 3.8) is 0 Å². The summed E-state index contributed by atoms with van der Waals surface area (Å²) in [7, 11) is 0. The van der Waals surface area contributed by atoms with Crippen molar-refractivity contribution in [3.05, 3.63) is 51.7 Å². The van der Waals surface area contributed by atoms with Gasteiger partial charge in [0.2, 0.25) is 0 Å². The van der Waals surface area contributed by atoms with E-state index in [0.29, 0.717) is 37.9 Å². The highest BCUT2D eigenvalue weighted by atomic mass is 19.1. The van der Waals surface area contributed by atoms with E-state index in [0.717, 1.165) is 0 Å². The second kappa shape index (κ2) is 4.12. The molecule has 0 saturated heterocycles. The first-order valence-electron chi connectivity index (χ1n) is 8.05. The van der Waals surface area contributed by atoms with E-state index >= 15 is 0 Å². The van der Waals surface area contributed by atoms with Crippen LogP contribution >= 0.6 is 0 Å². The zero-order valence-corrected chi connectivity index (χ0v) is 12.8. The fourth-order valence-corrected chi connectivity index (χ4v) is 4.79. The SMILES string of the molecule is N#CC12CC(n3nc4n(c3=O)[C@H](c3c(F)cccc3F)CC4)(C1)C2. The molecular formula is C17H14F2N4O. The van der Waals surface area contributed by atoms with Gasteiger partial charge in [-0.3, -0.25) is 4.57 Å². The Kier molecular flexibility index (Phi) is 2.39. The molecule has 0 spiro atoms. The van der Waals surface area contributed by atoms with Crippen LogP contribution in [-0.2, 0) is 12.0 Å². The van der Waals surface area contributed by atoms with Gasteiger partial charge in [-0.05, 0) is 37.8 Å². The van der Waals surface area contributed by atoms with Crippen molar-refractivity contribution in [1.29, 1.82) is 5.26 Å². The Morgan fingerprint density at radius 2 is 1.92 bits per heavy atom. The van der Waals surface area contributed by atoms with Crippen molar-refractivity contribution in [3.8, 4) is 6.07 Å². The summed E-state index contributed by atoms with van der Waals surface area (Å²) in [5.41, 5.74) is -1.03. The summed E-state index contributed by atoms with van der Waals surface area (Å²) in [6.45, 7) is 0. The van der Waals surface area contributed by atoms with Gasteiger partial charge in [-0.1, -0.05) is 6.07 Å². The Morgan fingerprint density at radius 1 is 1.25 bits per heavy atom. The standard InChI is InChI=1S/C17H14F2N4O/c18-10-2-1-3-11(19)14(10)12-4-5-13-21-23(15(24)22(12)13)17-6-16(7-17,8-17)9-20/h1-3,12H,4-8H2/t12-,16?,17?/m0/s1. The van der Waals surface area contributed by atoms with Crippen LogP contribution in [0.2, 0.25) is 0 Å². The summed E-state index contributed by atoms with van der Waals surface area (Å²) in [5.74, 6) is -0.703. The highest BCUT2D eigenvalue weighted by molar-refractivity contribution is 5.30. The zero-order chi connectivity index (χ0) is 16.7. The van der Waals surface area contributed by atoms with E-state index in [1.54, 1.807) is 0 Å². The van der Waals surface area contributed by atoms with E-state index in [4.69, 9.17) is 5.26 Å². The topological polar surface area (TPSA) is 63.6 Å². The van der Waals surface area contributed by atoms with Crippen LogP contribution in [0, 0.1) is 28.4 Å².